The van der Waals surface area contributed by atoms with E-state index in [2.05, 4.69) is 25.0 Å². The van der Waals surface area contributed by atoms with Crippen LogP contribution in [-0.4, -0.2) is 37.8 Å². The van der Waals surface area contributed by atoms with Crippen LogP contribution in [0.1, 0.15) is 15.9 Å². The number of nitrogens with two attached hydrogens (primary N) is 1. The third-order valence-electron chi connectivity index (χ3n) is 4.25. The number of nitrogens with one attached hydrogen (secondary N) is 1. The Balaban J connectivity index is 1.92. The van der Waals surface area contributed by atoms with Crippen molar-refractivity contribution in [1.29, 1.82) is 0 Å². The first-order chi connectivity index (χ1) is 13.2. The van der Waals surface area contributed by atoms with Gasteiger partial charge in [0.2, 0.25) is 0 Å². The number of rotatable bonds is 9. The van der Waals surface area contributed by atoms with Crippen molar-refractivity contribution in [1.82, 2.24) is 0 Å². The van der Waals surface area contributed by atoms with E-state index in [1.807, 2.05) is 24.3 Å². The normalized spacial score (nSPS) is 12.3. The molecule has 0 unspecified atom stereocenters. The summed E-state index contributed by atoms with van der Waals surface area (Å²) < 4.78 is 5.29. The quantitative estimate of drug-likeness (QED) is 0.436. The van der Waals surface area contributed by atoms with Crippen LogP contribution in [0.5, 0.6) is 0 Å². The van der Waals surface area contributed by atoms with Crippen LogP contribution in [-0.2, 0) is 16.0 Å². The number of carboxylic acid groups (broad SMARTS) is 1. The van der Waals surface area contributed by atoms with Gasteiger partial charge in [-0.15, -0.1) is 0 Å². The van der Waals surface area contributed by atoms with E-state index >= 15 is 0 Å². The fourth-order valence-corrected chi connectivity index (χ4v) is 3.27. The molecular formula is C21H28N2O4Si. The minimum atomic E-state index is -1.24. The molecule has 0 saturated carbocycles. The van der Waals surface area contributed by atoms with E-state index in [4.69, 9.17) is 10.5 Å². The number of aromatic carboxylic acids is 1. The van der Waals surface area contributed by atoms with Crippen LogP contribution in [0.25, 0.3) is 0 Å². The minimum absolute atomic E-state index is 0.203. The van der Waals surface area contributed by atoms with Crippen LogP contribution in [0.2, 0.25) is 25.7 Å². The van der Waals surface area contributed by atoms with Gasteiger partial charge in [-0.1, -0.05) is 43.9 Å². The summed E-state index contributed by atoms with van der Waals surface area (Å²) in [4.78, 5) is 23.3. The van der Waals surface area contributed by atoms with Crippen LogP contribution in [0, 0.1) is 0 Å². The standard InChI is InChI=1S/C21H28N2O4Si/c1-28(2,3)13-12-27-21(26)18(22)14-15-8-10-16(11-9-15)23-19-7-5-4-6-17(19)20(24)25/h4-11,18,23H,12-14,22H2,1-3H3,(H,24,25)/t18-/m0/s1. The first kappa shape index (κ1) is 21.7. The Labute approximate surface area is 166 Å². The molecule has 0 radical (unpaired) electrons. The van der Waals surface area contributed by atoms with E-state index in [9.17, 15) is 14.7 Å². The van der Waals surface area contributed by atoms with Gasteiger partial charge in [0.15, 0.2) is 0 Å². The number of ether oxygens (including phenoxy) is 1. The predicted molar refractivity (Wildman–Crippen MR) is 114 cm³/mol. The maximum atomic E-state index is 12.0. The van der Waals surface area contributed by atoms with Gasteiger partial charge in [-0.25, -0.2) is 4.79 Å². The van der Waals surface area contributed by atoms with E-state index < -0.39 is 20.1 Å². The Morgan fingerprint density at radius 2 is 1.75 bits per heavy atom. The molecule has 7 heteroatoms. The molecule has 0 aromatic heterocycles. The molecule has 0 heterocycles. The third-order valence-corrected chi connectivity index (χ3v) is 5.95. The lowest BCUT2D eigenvalue weighted by Gasteiger charge is -2.17. The smallest absolute Gasteiger partial charge is 0.337 e. The fourth-order valence-electron chi connectivity index (χ4n) is 2.56. The summed E-state index contributed by atoms with van der Waals surface area (Å²) in [6, 6.07) is 14.3. The summed E-state index contributed by atoms with van der Waals surface area (Å²) in [6.07, 6.45) is 0.387. The van der Waals surface area contributed by atoms with Gasteiger partial charge in [0.25, 0.3) is 0 Å². The zero-order valence-corrected chi connectivity index (χ0v) is 17.6. The lowest BCUT2D eigenvalue weighted by Crippen LogP contribution is -2.35. The van der Waals surface area contributed by atoms with Gasteiger partial charge < -0.3 is 20.9 Å². The summed E-state index contributed by atoms with van der Waals surface area (Å²) in [7, 11) is -1.24. The van der Waals surface area contributed by atoms with E-state index in [1.54, 1.807) is 24.3 Å². The highest BCUT2D eigenvalue weighted by Gasteiger charge is 2.18. The Bertz CT molecular complexity index is 816. The first-order valence-corrected chi connectivity index (χ1v) is 13.0. The van der Waals surface area contributed by atoms with Crippen molar-refractivity contribution in [3.05, 3.63) is 59.7 Å². The van der Waals surface area contributed by atoms with Gasteiger partial charge in [-0.2, -0.15) is 0 Å². The van der Waals surface area contributed by atoms with E-state index in [0.717, 1.165) is 17.3 Å². The summed E-state index contributed by atoms with van der Waals surface area (Å²) in [5.74, 6) is -1.37. The molecule has 0 aliphatic heterocycles. The molecule has 2 rings (SSSR count). The largest absolute Gasteiger partial charge is 0.478 e. The second kappa shape index (κ2) is 9.52. The molecule has 0 saturated heterocycles. The maximum Gasteiger partial charge on any atom is 0.337 e. The van der Waals surface area contributed by atoms with Gasteiger partial charge >= 0.3 is 11.9 Å². The summed E-state index contributed by atoms with van der Waals surface area (Å²) in [6.45, 7) is 7.11. The van der Waals surface area contributed by atoms with Crippen molar-refractivity contribution in [2.45, 2.75) is 38.1 Å². The molecular weight excluding hydrogens is 372 g/mol. The number of anilines is 2. The van der Waals surface area contributed by atoms with Gasteiger partial charge in [0.05, 0.1) is 17.9 Å². The van der Waals surface area contributed by atoms with Crippen LogP contribution in [0.15, 0.2) is 48.5 Å². The van der Waals surface area contributed by atoms with Crippen LogP contribution in [0.4, 0.5) is 11.4 Å². The van der Waals surface area contributed by atoms with Crippen molar-refractivity contribution in [3.63, 3.8) is 0 Å². The molecule has 2 aromatic rings. The van der Waals surface area contributed by atoms with Gasteiger partial charge in [-0.3, -0.25) is 4.79 Å². The monoisotopic (exact) mass is 400 g/mol. The number of carbonyl (C=O) groups is 2. The molecule has 0 aliphatic rings. The Kier molecular flexibility index (Phi) is 7.36. The summed E-state index contributed by atoms with van der Waals surface area (Å²) in [5, 5.41) is 12.3. The van der Waals surface area contributed by atoms with E-state index in [-0.39, 0.29) is 11.5 Å². The van der Waals surface area contributed by atoms with E-state index in [0.29, 0.717) is 18.7 Å². The molecule has 6 nitrogen and oxygen atoms in total. The van der Waals surface area contributed by atoms with Gasteiger partial charge in [0, 0.05) is 13.8 Å². The highest BCUT2D eigenvalue weighted by molar-refractivity contribution is 6.76. The van der Waals surface area contributed by atoms with Crippen LogP contribution >= 0.6 is 0 Å². The highest BCUT2D eigenvalue weighted by atomic mass is 28.3. The number of carboxylic acids is 1. The third kappa shape index (κ3) is 6.83. The highest BCUT2D eigenvalue weighted by Crippen LogP contribution is 2.21. The number of carbonyl (C=O) groups excluding carboxylic acids is 1. The maximum absolute atomic E-state index is 12.0. The van der Waals surface area contributed by atoms with Crippen LogP contribution in [0.3, 0.4) is 0 Å². The predicted octanol–water partition coefficient (Wildman–Crippen LogP) is 3.88. The number of para-hydroxylation sites is 1. The Morgan fingerprint density at radius 3 is 2.36 bits per heavy atom. The Morgan fingerprint density at radius 1 is 1.11 bits per heavy atom. The average molecular weight is 401 g/mol. The molecule has 4 N–H and O–H groups in total. The molecule has 0 aliphatic carbocycles. The van der Waals surface area contributed by atoms with Crippen LogP contribution < -0.4 is 11.1 Å². The van der Waals surface area contributed by atoms with Gasteiger partial charge in [0.1, 0.15) is 6.04 Å². The van der Waals surface area contributed by atoms with Crippen molar-refractivity contribution in [2.24, 2.45) is 5.73 Å². The van der Waals surface area contributed by atoms with Crippen molar-refractivity contribution in [2.75, 3.05) is 11.9 Å². The second-order valence-electron chi connectivity index (χ2n) is 7.96. The SMILES string of the molecule is C[Si](C)(C)CCOC(=O)[C@@H](N)Cc1ccc(Nc2ccccc2C(=O)O)cc1. The lowest BCUT2D eigenvalue weighted by molar-refractivity contribution is -0.144. The topological polar surface area (TPSA) is 102 Å². The number of benzene rings is 2. The first-order valence-electron chi connectivity index (χ1n) is 9.26. The molecule has 150 valence electrons. The second-order valence-corrected chi connectivity index (χ2v) is 13.6. The number of hydrogen-bond acceptors (Lipinski definition) is 5. The Hall–Kier alpha value is -2.64. The summed E-state index contributed by atoms with van der Waals surface area (Å²) in [5.41, 5.74) is 8.35. The molecule has 0 fully saturated rings. The minimum Gasteiger partial charge on any atom is -0.478 e. The number of esters is 1. The molecule has 28 heavy (non-hydrogen) atoms. The van der Waals surface area contributed by atoms with Crippen molar-refractivity contribution in [3.8, 4) is 0 Å². The fraction of sp³-hybridized carbons (Fsp3) is 0.333. The summed E-state index contributed by atoms with van der Waals surface area (Å²) >= 11 is 0. The molecule has 1 atom stereocenters. The van der Waals surface area contributed by atoms with E-state index in [1.165, 1.54) is 0 Å². The average Bonchev–Trinajstić information content (AvgIpc) is 2.62. The lowest BCUT2D eigenvalue weighted by atomic mass is 10.1. The van der Waals surface area contributed by atoms with Crippen molar-refractivity contribution < 1.29 is 19.4 Å². The van der Waals surface area contributed by atoms with Crippen molar-refractivity contribution >= 4 is 31.4 Å². The molecule has 0 amide bonds. The molecule has 0 bridgehead atoms. The molecule has 2 aromatic carbocycles. The van der Waals surface area contributed by atoms with Gasteiger partial charge in [-0.05, 0) is 42.3 Å². The number of hydrogen-bond donors (Lipinski definition) is 3. The zero-order chi connectivity index (χ0) is 20.7. The zero-order valence-electron chi connectivity index (χ0n) is 16.6. The molecule has 0 spiro atoms.